The fourth-order valence-electron chi connectivity index (χ4n) is 2.07. The lowest BCUT2D eigenvalue weighted by atomic mass is 10.2. The van der Waals surface area contributed by atoms with E-state index in [0.29, 0.717) is 25.2 Å². The molecule has 11 heteroatoms. The molecule has 0 radical (unpaired) electrons. The number of hydrogen-bond donors (Lipinski definition) is 2. The number of rotatable bonds is 9. The zero-order valence-electron chi connectivity index (χ0n) is 14.7. The second-order valence-corrected chi connectivity index (χ2v) is 5.58. The van der Waals surface area contributed by atoms with Crippen LogP contribution < -0.4 is 20.5 Å². The third-order valence-electron chi connectivity index (χ3n) is 3.20. The number of H-pyrrole nitrogens is 1. The second kappa shape index (κ2) is 9.53. The molecule has 27 heavy (non-hydrogen) atoms. The van der Waals surface area contributed by atoms with E-state index in [9.17, 15) is 14.9 Å². The SMILES string of the molecule is CCCOc1c(OCC)cc(/C=N\Nc2cn[nH]c(=O)c2Cl)cc1[N+](=O)[O-]. The van der Waals surface area contributed by atoms with Crippen LogP contribution in [0.2, 0.25) is 5.02 Å². The predicted molar refractivity (Wildman–Crippen MR) is 101 cm³/mol. The lowest BCUT2D eigenvalue weighted by Gasteiger charge is -2.12. The van der Waals surface area contributed by atoms with Crippen LogP contribution >= 0.6 is 11.6 Å². The highest BCUT2D eigenvalue weighted by Gasteiger charge is 2.22. The number of aromatic nitrogens is 2. The van der Waals surface area contributed by atoms with Crippen LogP contribution in [0.3, 0.4) is 0 Å². The zero-order valence-corrected chi connectivity index (χ0v) is 15.4. The van der Waals surface area contributed by atoms with Crippen LogP contribution in [-0.4, -0.2) is 34.5 Å². The number of nitrogens with zero attached hydrogens (tertiary/aromatic N) is 3. The van der Waals surface area contributed by atoms with Crippen molar-refractivity contribution in [2.75, 3.05) is 18.6 Å². The number of hydrazone groups is 1. The molecule has 0 amide bonds. The maximum atomic E-state index is 11.4. The Morgan fingerprint density at radius 3 is 2.85 bits per heavy atom. The Morgan fingerprint density at radius 1 is 1.41 bits per heavy atom. The van der Waals surface area contributed by atoms with E-state index >= 15 is 0 Å². The largest absolute Gasteiger partial charge is 0.490 e. The van der Waals surface area contributed by atoms with E-state index in [1.807, 2.05) is 6.92 Å². The smallest absolute Gasteiger partial charge is 0.315 e. The van der Waals surface area contributed by atoms with Gasteiger partial charge in [0.1, 0.15) is 10.7 Å². The highest BCUT2D eigenvalue weighted by molar-refractivity contribution is 6.32. The van der Waals surface area contributed by atoms with Crippen LogP contribution in [0.1, 0.15) is 25.8 Å². The molecule has 144 valence electrons. The molecule has 0 aliphatic rings. The summed E-state index contributed by atoms with van der Waals surface area (Å²) in [6, 6.07) is 2.89. The summed E-state index contributed by atoms with van der Waals surface area (Å²) in [7, 11) is 0. The van der Waals surface area contributed by atoms with Gasteiger partial charge in [-0.2, -0.15) is 10.2 Å². The molecule has 10 nitrogen and oxygen atoms in total. The number of halogens is 1. The minimum atomic E-state index is -0.566. The van der Waals surface area contributed by atoms with Crippen LogP contribution in [0.5, 0.6) is 11.5 Å². The normalized spacial score (nSPS) is 10.8. The summed E-state index contributed by atoms with van der Waals surface area (Å²) < 4.78 is 11.0. The van der Waals surface area contributed by atoms with Gasteiger partial charge in [0.15, 0.2) is 5.75 Å². The predicted octanol–water partition coefficient (Wildman–Crippen LogP) is 2.97. The number of anilines is 1. The number of aromatic amines is 1. The van der Waals surface area contributed by atoms with E-state index in [1.165, 1.54) is 18.5 Å². The molecule has 2 N–H and O–H groups in total. The number of nitro groups is 1. The lowest BCUT2D eigenvalue weighted by Crippen LogP contribution is -2.10. The van der Waals surface area contributed by atoms with E-state index in [0.717, 1.165) is 0 Å². The first-order valence-corrected chi connectivity index (χ1v) is 8.46. The molecule has 0 fully saturated rings. The Hall–Kier alpha value is -3.14. The zero-order chi connectivity index (χ0) is 19.8. The van der Waals surface area contributed by atoms with E-state index < -0.39 is 10.5 Å². The molecule has 1 aromatic heterocycles. The molecular formula is C16H18ClN5O5. The van der Waals surface area contributed by atoms with Gasteiger partial charge < -0.3 is 9.47 Å². The van der Waals surface area contributed by atoms with Gasteiger partial charge in [-0.05, 0) is 19.4 Å². The van der Waals surface area contributed by atoms with E-state index in [2.05, 4.69) is 20.7 Å². The first-order chi connectivity index (χ1) is 13.0. The maximum Gasteiger partial charge on any atom is 0.315 e. The molecule has 1 heterocycles. The molecular weight excluding hydrogens is 378 g/mol. The van der Waals surface area contributed by atoms with Crippen molar-refractivity contribution in [2.45, 2.75) is 20.3 Å². The highest BCUT2D eigenvalue weighted by atomic mass is 35.5. The van der Waals surface area contributed by atoms with Crippen molar-refractivity contribution < 1.29 is 14.4 Å². The van der Waals surface area contributed by atoms with Crippen LogP contribution in [0.15, 0.2) is 28.2 Å². The third-order valence-corrected chi connectivity index (χ3v) is 3.57. The van der Waals surface area contributed by atoms with Crippen molar-refractivity contribution >= 4 is 29.2 Å². The van der Waals surface area contributed by atoms with Gasteiger partial charge in [0.05, 0.1) is 30.5 Å². The van der Waals surface area contributed by atoms with Crippen LogP contribution in [0.25, 0.3) is 0 Å². The van der Waals surface area contributed by atoms with Gasteiger partial charge in [-0.25, -0.2) is 5.10 Å². The Labute approximate surface area is 159 Å². The molecule has 0 saturated heterocycles. The van der Waals surface area contributed by atoms with Crippen LogP contribution in [-0.2, 0) is 0 Å². The summed E-state index contributed by atoms with van der Waals surface area (Å²) in [5, 5.41) is 21.0. The first-order valence-electron chi connectivity index (χ1n) is 8.08. The summed E-state index contributed by atoms with van der Waals surface area (Å²) in [5.74, 6) is 0.327. The molecule has 0 atom stereocenters. The molecule has 0 aliphatic heterocycles. The van der Waals surface area contributed by atoms with Crippen LogP contribution in [0.4, 0.5) is 11.4 Å². The molecule has 2 rings (SSSR count). The van der Waals surface area contributed by atoms with Gasteiger partial charge in [0.2, 0.25) is 5.75 Å². The minimum absolute atomic E-state index is 0.0793. The molecule has 0 spiro atoms. The quantitative estimate of drug-likeness (QED) is 0.379. The Morgan fingerprint density at radius 2 is 2.19 bits per heavy atom. The number of nitrogens with one attached hydrogen (secondary N) is 2. The minimum Gasteiger partial charge on any atom is -0.490 e. The molecule has 1 aromatic carbocycles. The van der Waals surface area contributed by atoms with Gasteiger partial charge in [0.25, 0.3) is 5.56 Å². The van der Waals surface area contributed by atoms with Crippen molar-refractivity contribution in [3.63, 3.8) is 0 Å². The number of ether oxygens (including phenoxy) is 2. The Balaban J connectivity index is 2.34. The lowest BCUT2D eigenvalue weighted by molar-refractivity contribution is -0.386. The van der Waals surface area contributed by atoms with E-state index in [-0.39, 0.29) is 27.9 Å². The van der Waals surface area contributed by atoms with Gasteiger partial charge in [-0.15, -0.1) is 0 Å². The molecule has 0 unspecified atom stereocenters. The molecule has 0 saturated carbocycles. The van der Waals surface area contributed by atoms with Gasteiger partial charge >= 0.3 is 5.69 Å². The Kier molecular flexibility index (Phi) is 7.12. The van der Waals surface area contributed by atoms with Crippen molar-refractivity contribution in [3.8, 4) is 11.5 Å². The number of hydrogen-bond acceptors (Lipinski definition) is 8. The second-order valence-electron chi connectivity index (χ2n) is 5.20. The topological polar surface area (TPSA) is 132 Å². The van der Waals surface area contributed by atoms with Gasteiger partial charge in [0, 0.05) is 11.6 Å². The standard InChI is InChI=1S/C16H18ClN5O5/c1-3-5-27-15-12(22(24)25)6-10(7-13(15)26-4-2)8-18-20-11-9-19-21-16(23)14(11)17/h6-9H,3-5H2,1-2H3,(H2,20,21,23)/b18-8-. The fourth-order valence-corrected chi connectivity index (χ4v) is 2.20. The Bertz CT molecular complexity index is 899. The van der Waals surface area contributed by atoms with E-state index in [1.54, 1.807) is 13.0 Å². The van der Waals surface area contributed by atoms with Crippen molar-refractivity contribution in [2.24, 2.45) is 5.10 Å². The summed E-state index contributed by atoms with van der Waals surface area (Å²) in [4.78, 5) is 22.3. The summed E-state index contributed by atoms with van der Waals surface area (Å²) in [6.45, 7) is 4.30. The van der Waals surface area contributed by atoms with Crippen LogP contribution in [0, 0.1) is 10.1 Å². The van der Waals surface area contributed by atoms with Gasteiger partial charge in [-0.1, -0.05) is 18.5 Å². The van der Waals surface area contributed by atoms with Crippen molar-refractivity contribution in [1.82, 2.24) is 10.2 Å². The van der Waals surface area contributed by atoms with Crippen molar-refractivity contribution in [3.05, 3.63) is 49.4 Å². The number of benzene rings is 1. The average molecular weight is 396 g/mol. The summed E-state index contributed by atoms with van der Waals surface area (Å²) >= 11 is 5.83. The van der Waals surface area contributed by atoms with Crippen molar-refractivity contribution in [1.29, 1.82) is 0 Å². The average Bonchev–Trinajstić information content (AvgIpc) is 2.64. The van der Waals surface area contributed by atoms with Gasteiger partial charge in [-0.3, -0.25) is 20.3 Å². The first kappa shape index (κ1) is 20.2. The summed E-state index contributed by atoms with van der Waals surface area (Å²) in [6.07, 6.45) is 3.31. The maximum absolute atomic E-state index is 11.4. The van der Waals surface area contributed by atoms with E-state index in [4.69, 9.17) is 21.1 Å². The highest BCUT2D eigenvalue weighted by Crippen LogP contribution is 2.38. The molecule has 0 bridgehead atoms. The number of nitro benzene ring substituents is 1. The molecule has 0 aliphatic carbocycles. The monoisotopic (exact) mass is 395 g/mol. The fraction of sp³-hybridized carbons (Fsp3) is 0.312. The molecule has 2 aromatic rings. The summed E-state index contributed by atoms with van der Waals surface area (Å²) in [5.41, 5.74) is 2.36. The third kappa shape index (κ3) is 5.17.